The highest BCUT2D eigenvalue weighted by Crippen LogP contribution is 2.20. The second kappa shape index (κ2) is 6.50. The number of hydrogen-bond acceptors (Lipinski definition) is 3. The molecule has 4 nitrogen and oxygen atoms in total. The van der Waals surface area contributed by atoms with Gasteiger partial charge < -0.3 is 10.0 Å². The third-order valence-corrected chi connectivity index (χ3v) is 3.64. The van der Waals surface area contributed by atoms with Crippen LogP contribution in [0, 0.1) is 5.92 Å². The van der Waals surface area contributed by atoms with Crippen LogP contribution in [0.3, 0.4) is 0 Å². The van der Waals surface area contributed by atoms with Gasteiger partial charge in [0, 0.05) is 25.4 Å². The molecule has 0 atom stereocenters. The van der Waals surface area contributed by atoms with Gasteiger partial charge in [-0.05, 0) is 56.0 Å². The van der Waals surface area contributed by atoms with E-state index in [1.54, 1.807) is 0 Å². The summed E-state index contributed by atoms with van der Waals surface area (Å²) < 4.78 is 0. The van der Waals surface area contributed by atoms with E-state index in [1.165, 1.54) is 5.56 Å². The molecule has 98 valence electrons. The van der Waals surface area contributed by atoms with Crippen molar-refractivity contribution >= 4 is 5.97 Å². The Morgan fingerprint density at radius 3 is 2.61 bits per heavy atom. The van der Waals surface area contributed by atoms with Crippen molar-refractivity contribution in [3.05, 3.63) is 30.1 Å². The first-order valence-electron chi connectivity index (χ1n) is 6.57. The standard InChI is InChI=1S/C14H20N2O2/c17-14(18)11-13-4-9-16(10-5-13)8-3-12-1-6-15-7-2-12/h1-2,6-7,13H,3-5,8-11H2,(H,17,18). The molecule has 0 unspecified atom stereocenters. The summed E-state index contributed by atoms with van der Waals surface area (Å²) in [5.74, 6) is -0.287. The molecule has 0 aromatic carbocycles. The van der Waals surface area contributed by atoms with E-state index < -0.39 is 5.97 Å². The minimum atomic E-state index is -0.662. The van der Waals surface area contributed by atoms with Gasteiger partial charge in [0.25, 0.3) is 0 Å². The Hall–Kier alpha value is -1.42. The first-order valence-corrected chi connectivity index (χ1v) is 6.57. The van der Waals surface area contributed by atoms with E-state index in [0.29, 0.717) is 12.3 Å². The molecule has 1 aliphatic heterocycles. The maximum absolute atomic E-state index is 10.6. The molecule has 18 heavy (non-hydrogen) atoms. The second-order valence-electron chi connectivity index (χ2n) is 4.99. The summed E-state index contributed by atoms with van der Waals surface area (Å²) >= 11 is 0. The fraction of sp³-hybridized carbons (Fsp3) is 0.571. The summed E-state index contributed by atoms with van der Waals surface area (Å²) in [5, 5.41) is 8.76. The van der Waals surface area contributed by atoms with Gasteiger partial charge in [-0.2, -0.15) is 0 Å². The van der Waals surface area contributed by atoms with Crippen molar-refractivity contribution in [2.24, 2.45) is 5.92 Å². The Balaban J connectivity index is 1.69. The third kappa shape index (κ3) is 4.11. The Bertz CT molecular complexity index is 373. The summed E-state index contributed by atoms with van der Waals surface area (Å²) in [7, 11) is 0. The minimum Gasteiger partial charge on any atom is -0.481 e. The van der Waals surface area contributed by atoms with Crippen LogP contribution >= 0.6 is 0 Å². The van der Waals surface area contributed by atoms with Gasteiger partial charge in [-0.1, -0.05) is 0 Å². The fourth-order valence-electron chi connectivity index (χ4n) is 2.50. The normalized spacial score (nSPS) is 17.8. The Morgan fingerprint density at radius 1 is 1.33 bits per heavy atom. The zero-order valence-corrected chi connectivity index (χ0v) is 10.6. The van der Waals surface area contributed by atoms with E-state index in [1.807, 2.05) is 12.4 Å². The van der Waals surface area contributed by atoms with Gasteiger partial charge in [0.2, 0.25) is 0 Å². The highest BCUT2D eigenvalue weighted by atomic mass is 16.4. The molecule has 1 N–H and O–H groups in total. The van der Waals surface area contributed by atoms with Crippen LogP contribution in [-0.2, 0) is 11.2 Å². The van der Waals surface area contributed by atoms with Crippen LogP contribution in [0.1, 0.15) is 24.8 Å². The Morgan fingerprint density at radius 2 is 2.00 bits per heavy atom. The number of piperidine rings is 1. The molecule has 0 radical (unpaired) electrons. The Kier molecular flexibility index (Phi) is 4.70. The van der Waals surface area contributed by atoms with Gasteiger partial charge in [-0.15, -0.1) is 0 Å². The molecule has 1 fully saturated rings. The lowest BCUT2D eigenvalue weighted by Crippen LogP contribution is -2.35. The van der Waals surface area contributed by atoms with Crippen LogP contribution in [0.5, 0.6) is 0 Å². The van der Waals surface area contributed by atoms with Crippen LogP contribution < -0.4 is 0 Å². The molecule has 2 heterocycles. The van der Waals surface area contributed by atoms with E-state index in [4.69, 9.17) is 5.11 Å². The molecule has 0 bridgehead atoms. The lowest BCUT2D eigenvalue weighted by atomic mass is 9.93. The number of likely N-dealkylation sites (tertiary alicyclic amines) is 1. The first-order chi connectivity index (χ1) is 8.74. The van der Waals surface area contributed by atoms with E-state index in [2.05, 4.69) is 22.0 Å². The molecule has 1 aromatic rings. The van der Waals surface area contributed by atoms with Crippen LogP contribution in [0.2, 0.25) is 0 Å². The van der Waals surface area contributed by atoms with Crippen LogP contribution in [-0.4, -0.2) is 40.6 Å². The zero-order chi connectivity index (χ0) is 12.8. The second-order valence-corrected chi connectivity index (χ2v) is 4.99. The van der Waals surface area contributed by atoms with Crippen molar-refractivity contribution in [1.82, 2.24) is 9.88 Å². The predicted octanol–water partition coefficient (Wildman–Crippen LogP) is 1.81. The quantitative estimate of drug-likeness (QED) is 0.863. The molecule has 1 saturated heterocycles. The molecule has 0 spiro atoms. The largest absolute Gasteiger partial charge is 0.481 e. The third-order valence-electron chi connectivity index (χ3n) is 3.64. The van der Waals surface area contributed by atoms with Gasteiger partial charge in [0.15, 0.2) is 0 Å². The summed E-state index contributed by atoms with van der Waals surface area (Å²) in [6, 6.07) is 4.11. The number of hydrogen-bond donors (Lipinski definition) is 1. The SMILES string of the molecule is O=C(O)CC1CCN(CCc2ccncc2)CC1. The van der Waals surface area contributed by atoms with Crippen molar-refractivity contribution in [1.29, 1.82) is 0 Å². The average molecular weight is 248 g/mol. The number of carboxylic acid groups (broad SMARTS) is 1. The monoisotopic (exact) mass is 248 g/mol. The highest BCUT2D eigenvalue weighted by molar-refractivity contribution is 5.67. The van der Waals surface area contributed by atoms with Gasteiger partial charge >= 0.3 is 5.97 Å². The van der Waals surface area contributed by atoms with E-state index >= 15 is 0 Å². The number of aromatic nitrogens is 1. The topological polar surface area (TPSA) is 53.4 Å². The molecule has 4 heteroatoms. The molecule has 0 saturated carbocycles. The lowest BCUT2D eigenvalue weighted by molar-refractivity contribution is -0.138. The van der Waals surface area contributed by atoms with Crippen molar-refractivity contribution in [2.75, 3.05) is 19.6 Å². The molecule has 2 rings (SSSR count). The number of pyridine rings is 1. The molecule has 1 aromatic heterocycles. The van der Waals surface area contributed by atoms with Gasteiger partial charge in [0.05, 0.1) is 0 Å². The molecular formula is C14H20N2O2. The maximum atomic E-state index is 10.6. The number of rotatable bonds is 5. The maximum Gasteiger partial charge on any atom is 0.303 e. The average Bonchev–Trinajstić information content (AvgIpc) is 2.38. The molecule has 0 amide bonds. The number of nitrogens with zero attached hydrogens (tertiary/aromatic N) is 2. The summed E-state index contributed by atoms with van der Waals surface area (Å²) in [6.45, 7) is 3.12. The number of carboxylic acids is 1. The zero-order valence-electron chi connectivity index (χ0n) is 10.6. The van der Waals surface area contributed by atoms with Gasteiger partial charge in [0.1, 0.15) is 0 Å². The summed E-state index contributed by atoms with van der Waals surface area (Å²) in [4.78, 5) is 17.1. The molecule has 1 aliphatic rings. The molecular weight excluding hydrogens is 228 g/mol. The lowest BCUT2D eigenvalue weighted by Gasteiger charge is -2.31. The van der Waals surface area contributed by atoms with Crippen molar-refractivity contribution in [3.63, 3.8) is 0 Å². The smallest absolute Gasteiger partial charge is 0.303 e. The summed E-state index contributed by atoms with van der Waals surface area (Å²) in [6.07, 6.45) is 7.07. The van der Waals surface area contributed by atoms with Crippen LogP contribution in [0.4, 0.5) is 0 Å². The fourth-order valence-corrected chi connectivity index (χ4v) is 2.50. The van der Waals surface area contributed by atoms with E-state index in [9.17, 15) is 4.79 Å². The van der Waals surface area contributed by atoms with Crippen molar-refractivity contribution in [2.45, 2.75) is 25.7 Å². The molecule has 0 aliphatic carbocycles. The predicted molar refractivity (Wildman–Crippen MR) is 69.4 cm³/mol. The Labute approximate surface area is 108 Å². The highest BCUT2D eigenvalue weighted by Gasteiger charge is 2.20. The van der Waals surface area contributed by atoms with Crippen LogP contribution in [0.25, 0.3) is 0 Å². The van der Waals surface area contributed by atoms with Gasteiger partial charge in [-0.3, -0.25) is 9.78 Å². The van der Waals surface area contributed by atoms with Crippen molar-refractivity contribution in [3.8, 4) is 0 Å². The van der Waals surface area contributed by atoms with Crippen LogP contribution in [0.15, 0.2) is 24.5 Å². The number of carbonyl (C=O) groups is 1. The van der Waals surface area contributed by atoms with Gasteiger partial charge in [-0.25, -0.2) is 0 Å². The van der Waals surface area contributed by atoms with E-state index in [-0.39, 0.29) is 0 Å². The summed E-state index contributed by atoms with van der Waals surface area (Å²) in [5.41, 5.74) is 1.32. The first kappa shape index (κ1) is 13.0. The number of aliphatic carboxylic acids is 1. The van der Waals surface area contributed by atoms with Crippen molar-refractivity contribution < 1.29 is 9.90 Å². The van der Waals surface area contributed by atoms with E-state index in [0.717, 1.165) is 38.9 Å². The minimum absolute atomic E-state index is 0.332.